The molecule has 1 heterocycles. The molecule has 0 aliphatic carbocycles. The minimum atomic E-state index is 0.127. The molecule has 0 aromatic heterocycles. The second kappa shape index (κ2) is 4.93. The number of anilines is 1. The summed E-state index contributed by atoms with van der Waals surface area (Å²) in [5.74, 6) is 0.151. The number of aryl methyl sites for hydroxylation is 1. The van der Waals surface area contributed by atoms with Crippen LogP contribution in [-0.2, 0) is 0 Å². The Bertz CT molecular complexity index is 488. The molecule has 0 radical (unpaired) electrons. The number of benzene rings is 1. The highest BCUT2D eigenvalue weighted by molar-refractivity contribution is 9.10. The summed E-state index contributed by atoms with van der Waals surface area (Å²) in [6.07, 6.45) is 2.07. The molecular formula is C15H19BrN2. The van der Waals surface area contributed by atoms with Crippen LogP contribution in [0.15, 0.2) is 22.7 Å². The smallest absolute Gasteiger partial charge is 0.0674 e. The van der Waals surface area contributed by atoms with Crippen molar-refractivity contribution in [1.82, 2.24) is 0 Å². The Kier molecular flexibility index (Phi) is 3.68. The third kappa shape index (κ3) is 2.54. The molecule has 0 saturated carbocycles. The summed E-state index contributed by atoms with van der Waals surface area (Å²) >= 11 is 3.59. The Balaban J connectivity index is 2.33. The molecule has 1 atom stereocenters. The normalized spacial score (nSPS) is 22.6. The molecule has 1 aliphatic heterocycles. The van der Waals surface area contributed by atoms with Gasteiger partial charge in [0.25, 0.3) is 0 Å². The Morgan fingerprint density at radius 2 is 2.17 bits per heavy atom. The third-order valence-electron chi connectivity index (χ3n) is 3.89. The number of piperidine rings is 1. The van der Waals surface area contributed by atoms with Gasteiger partial charge in [0.1, 0.15) is 0 Å². The van der Waals surface area contributed by atoms with Crippen LogP contribution < -0.4 is 4.90 Å². The zero-order chi connectivity index (χ0) is 13.3. The van der Waals surface area contributed by atoms with E-state index in [-0.39, 0.29) is 11.5 Å². The van der Waals surface area contributed by atoms with Gasteiger partial charge in [-0.2, -0.15) is 5.26 Å². The maximum absolute atomic E-state index is 9.14. The Labute approximate surface area is 118 Å². The molecule has 0 amide bonds. The third-order valence-corrected chi connectivity index (χ3v) is 4.74. The molecule has 1 saturated heterocycles. The van der Waals surface area contributed by atoms with Crippen LogP contribution in [-0.4, -0.2) is 12.1 Å². The summed E-state index contributed by atoms with van der Waals surface area (Å²) in [4.78, 5) is 2.37. The number of nitriles is 1. The summed E-state index contributed by atoms with van der Waals surface area (Å²) in [5, 5.41) is 9.14. The van der Waals surface area contributed by atoms with Gasteiger partial charge in [0, 0.05) is 22.2 Å². The van der Waals surface area contributed by atoms with E-state index in [2.05, 4.69) is 65.9 Å². The number of halogens is 1. The molecule has 96 valence electrons. The summed E-state index contributed by atoms with van der Waals surface area (Å²) in [5.41, 5.74) is 2.57. The first-order valence-electron chi connectivity index (χ1n) is 6.37. The van der Waals surface area contributed by atoms with Crippen LogP contribution in [0, 0.1) is 24.2 Å². The molecule has 2 rings (SSSR count). The molecule has 2 nitrogen and oxygen atoms in total. The van der Waals surface area contributed by atoms with Crippen LogP contribution >= 0.6 is 15.9 Å². The molecule has 1 aliphatic rings. The Morgan fingerprint density at radius 3 is 2.78 bits per heavy atom. The minimum absolute atomic E-state index is 0.127. The van der Waals surface area contributed by atoms with Gasteiger partial charge in [-0.05, 0) is 51.3 Å². The fourth-order valence-corrected chi connectivity index (χ4v) is 2.90. The predicted molar refractivity (Wildman–Crippen MR) is 78.6 cm³/mol. The highest BCUT2D eigenvalue weighted by Gasteiger charge is 2.34. The Morgan fingerprint density at radius 1 is 1.44 bits per heavy atom. The first kappa shape index (κ1) is 13.4. The summed E-state index contributed by atoms with van der Waals surface area (Å²) in [6, 6.07) is 8.86. The zero-order valence-corrected chi connectivity index (χ0v) is 12.8. The second-order valence-corrected chi connectivity index (χ2v) is 6.58. The van der Waals surface area contributed by atoms with Crippen molar-refractivity contribution in [2.24, 2.45) is 5.92 Å². The van der Waals surface area contributed by atoms with Crippen LogP contribution in [0.2, 0.25) is 0 Å². The van der Waals surface area contributed by atoms with Gasteiger partial charge in [0.15, 0.2) is 0 Å². The number of rotatable bonds is 1. The lowest BCUT2D eigenvalue weighted by atomic mass is 9.85. The van der Waals surface area contributed by atoms with Gasteiger partial charge in [-0.1, -0.05) is 22.0 Å². The van der Waals surface area contributed by atoms with Crippen LogP contribution in [0.5, 0.6) is 0 Å². The van der Waals surface area contributed by atoms with Crippen LogP contribution in [0.25, 0.3) is 0 Å². The quantitative estimate of drug-likeness (QED) is 0.774. The number of hydrogen-bond acceptors (Lipinski definition) is 2. The first-order valence-corrected chi connectivity index (χ1v) is 7.17. The topological polar surface area (TPSA) is 27.0 Å². The van der Waals surface area contributed by atoms with Gasteiger partial charge in [0.05, 0.1) is 12.0 Å². The van der Waals surface area contributed by atoms with Crippen molar-refractivity contribution in [2.45, 2.75) is 39.2 Å². The zero-order valence-electron chi connectivity index (χ0n) is 11.2. The average molecular weight is 307 g/mol. The Hall–Kier alpha value is -1.01. The minimum Gasteiger partial charge on any atom is -0.365 e. The molecule has 0 N–H and O–H groups in total. The van der Waals surface area contributed by atoms with E-state index in [9.17, 15) is 0 Å². The molecule has 0 bridgehead atoms. The van der Waals surface area contributed by atoms with Crippen molar-refractivity contribution in [2.75, 3.05) is 11.4 Å². The highest BCUT2D eigenvalue weighted by atomic mass is 79.9. The molecule has 0 spiro atoms. The van der Waals surface area contributed by atoms with Gasteiger partial charge < -0.3 is 4.90 Å². The second-order valence-electron chi connectivity index (χ2n) is 5.72. The lowest BCUT2D eigenvalue weighted by Crippen LogP contribution is -2.50. The van der Waals surface area contributed by atoms with Crippen molar-refractivity contribution in [3.8, 4) is 6.07 Å². The van der Waals surface area contributed by atoms with E-state index in [4.69, 9.17) is 5.26 Å². The summed E-state index contributed by atoms with van der Waals surface area (Å²) in [7, 11) is 0. The lowest BCUT2D eigenvalue weighted by molar-refractivity contribution is 0.325. The van der Waals surface area contributed by atoms with E-state index < -0.39 is 0 Å². The molecule has 3 heteroatoms. The van der Waals surface area contributed by atoms with E-state index in [1.807, 2.05) is 0 Å². The molecule has 1 aromatic rings. The molecule has 18 heavy (non-hydrogen) atoms. The van der Waals surface area contributed by atoms with E-state index >= 15 is 0 Å². The van der Waals surface area contributed by atoms with Crippen LogP contribution in [0.3, 0.4) is 0 Å². The largest absolute Gasteiger partial charge is 0.365 e. The fourth-order valence-electron chi connectivity index (χ4n) is 2.53. The average Bonchev–Trinajstić information content (AvgIpc) is 2.33. The van der Waals surface area contributed by atoms with Crippen molar-refractivity contribution in [3.05, 3.63) is 28.2 Å². The molecule has 1 aromatic carbocycles. The van der Waals surface area contributed by atoms with Crippen molar-refractivity contribution in [3.63, 3.8) is 0 Å². The standard InChI is InChI=1S/C15H19BrN2/c1-11-4-5-13(8-14(11)16)18-10-12(9-17)6-7-15(18,2)3/h4-5,8,12H,6-7,10H2,1-3H3. The summed E-state index contributed by atoms with van der Waals surface area (Å²) < 4.78 is 1.13. The SMILES string of the molecule is Cc1ccc(N2CC(C#N)CCC2(C)C)cc1Br. The van der Waals surface area contributed by atoms with Crippen molar-refractivity contribution < 1.29 is 0 Å². The summed E-state index contributed by atoms with van der Waals surface area (Å²) in [6.45, 7) is 7.44. The van der Waals surface area contributed by atoms with E-state index in [1.54, 1.807) is 0 Å². The first-order chi connectivity index (χ1) is 8.44. The number of nitrogens with zero attached hydrogens (tertiary/aromatic N) is 2. The van der Waals surface area contributed by atoms with Crippen LogP contribution in [0.4, 0.5) is 5.69 Å². The molecule has 1 fully saturated rings. The van der Waals surface area contributed by atoms with Gasteiger partial charge in [-0.3, -0.25) is 0 Å². The van der Waals surface area contributed by atoms with E-state index in [0.717, 1.165) is 23.9 Å². The van der Waals surface area contributed by atoms with E-state index in [0.29, 0.717) is 0 Å². The lowest BCUT2D eigenvalue weighted by Gasteiger charge is -2.46. The van der Waals surface area contributed by atoms with Gasteiger partial charge >= 0.3 is 0 Å². The van der Waals surface area contributed by atoms with Gasteiger partial charge in [0.2, 0.25) is 0 Å². The van der Waals surface area contributed by atoms with Gasteiger partial charge in [-0.25, -0.2) is 0 Å². The maximum Gasteiger partial charge on any atom is 0.0674 e. The number of hydrogen-bond donors (Lipinski definition) is 0. The predicted octanol–water partition coefficient (Wildman–Crippen LogP) is 4.28. The van der Waals surface area contributed by atoms with Crippen molar-refractivity contribution in [1.29, 1.82) is 5.26 Å². The fraction of sp³-hybridized carbons (Fsp3) is 0.533. The maximum atomic E-state index is 9.14. The van der Waals surface area contributed by atoms with Crippen LogP contribution in [0.1, 0.15) is 32.3 Å². The van der Waals surface area contributed by atoms with Crippen molar-refractivity contribution >= 4 is 21.6 Å². The van der Waals surface area contributed by atoms with Gasteiger partial charge in [-0.15, -0.1) is 0 Å². The highest BCUT2D eigenvalue weighted by Crippen LogP contribution is 2.36. The molecule has 1 unspecified atom stereocenters. The monoisotopic (exact) mass is 306 g/mol. The van der Waals surface area contributed by atoms with E-state index in [1.165, 1.54) is 11.3 Å². The molecular weight excluding hydrogens is 288 g/mol.